The van der Waals surface area contributed by atoms with Crippen LogP contribution in [0.25, 0.3) is 11.0 Å². The number of halogens is 2. The van der Waals surface area contributed by atoms with E-state index >= 15 is 0 Å². The highest BCUT2D eigenvalue weighted by Crippen LogP contribution is 2.12. The molecule has 0 N–H and O–H groups in total. The van der Waals surface area contributed by atoms with Gasteiger partial charge in [0.25, 0.3) is 0 Å². The van der Waals surface area contributed by atoms with Gasteiger partial charge < -0.3 is 0 Å². The van der Waals surface area contributed by atoms with E-state index in [4.69, 9.17) is 0 Å². The van der Waals surface area contributed by atoms with Gasteiger partial charge in [-0.15, -0.1) is 0 Å². The van der Waals surface area contributed by atoms with Gasteiger partial charge in [-0.05, 0) is 6.92 Å². The summed E-state index contributed by atoms with van der Waals surface area (Å²) in [5, 5.41) is 0. The van der Waals surface area contributed by atoms with Crippen LogP contribution in [0, 0.1) is 11.6 Å². The van der Waals surface area contributed by atoms with Gasteiger partial charge in [0, 0.05) is 6.07 Å². The lowest BCUT2D eigenvalue weighted by atomic mass is 10.2. The second-order valence-electron chi connectivity index (χ2n) is 2.97. The highest BCUT2D eigenvalue weighted by Gasteiger charge is 2.12. The van der Waals surface area contributed by atoms with Gasteiger partial charge in [-0.2, -0.15) is 4.57 Å². The van der Waals surface area contributed by atoms with Crippen LogP contribution in [0.4, 0.5) is 8.78 Å². The van der Waals surface area contributed by atoms with E-state index in [1.807, 2.05) is 11.5 Å². The number of hydrogen-bond donors (Lipinski definition) is 0. The summed E-state index contributed by atoms with van der Waals surface area (Å²) >= 11 is 0. The predicted molar refractivity (Wildman–Crippen MR) is 47.5 cm³/mol. The molecule has 2 rings (SSSR count). The van der Waals surface area contributed by atoms with Crippen molar-refractivity contribution in [2.45, 2.75) is 13.5 Å². The summed E-state index contributed by atoms with van der Waals surface area (Å²) in [5.41, 5.74) is 1.07. The maximum Gasteiger partial charge on any atom is 0.234 e. The van der Waals surface area contributed by atoms with Crippen LogP contribution in [0.2, 0.25) is 0 Å². The minimum atomic E-state index is -0.862. The molecule has 72 valence electrons. The lowest BCUT2D eigenvalue weighted by Gasteiger charge is -1.98. The van der Waals surface area contributed by atoms with Gasteiger partial charge in [-0.25, -0.2) is 13.8 Å². The Morgan fingerprint density at radius 3 is 2.71 bits per heavy atom. The summed E-state index contributed by atoms with van der Waals surface area (Å²) in [6, 6.07) is 2.28. The summed E-state index contributed by atoms with van der Waals surface area (Å²) in [7, 11) is 0. The molecule has 2 nitrogen and oxygen atoms in total. The van der Waals surface area contributed by atoms with Crippen molar-refractivity contribution in [3.63, 3.8) is 0 Å². The zero-order chi connectivity index (χ0) is 10.1. The zero-order valence-corrected chi connectivity index (χ0v) is 7.67. The van der Waals surface area contributed by atoms with Gasteiger partial charge in [-0.3, -0.25) is 0 Å². The highest BCUT2D eigenvalue weighted by atomic mass is 19.2. The van der Waals surface area contributed by atoms with Gasteiger partial charge in [0.1, 0.15) is 12.1 Å². The van der Waals surface area contributed by atoms with Crippen LogP contribution < -0.4 is 4.57 Å². The van der Waals surface area contributed by atoms with Crippen molar-refractivity contribution >= 4 is 11.0 Å². The van der Waals surface area contributed by atoms with E-state index in [0.717, 1.165) is 6.07 Å². The van der Waals surface area contributed by atoms with E-state index in [-0.39, 0.29) is 0 Å². The Morgan fingerprint density at radius 1 is 1.29 bits per heavy atom. The molecule has 0 amide bonds. The molecule has 0 aliphatic carbocycles. The molecule has 0 atom stereocenters. The summed E-state index contributed by atoms with van der Waals surface area (Å²) < 4.78 is 27.6. The van der Waals surface area contributed by atoms with Crippen LogP contribution in [-0.2, 0) is 6.54 Å². The van der Waals surface area contributed by atoms with Gasteiger partial charge in [0.15, 0.2) is 17.8 Å². The maximum atomic E-state index is 12.9. The Hall–Kier alpha value is -1.58. The second-order valence-corrected chi connectivity index (χ2v) is 2.97. The van der Waals surface area contributed by atoms with Gasteiger partial charge in [-0.1, -0.05) is 0 Å². The van der Waals surface area contributed by atoms with Crippen LogP contribution >= 0.6 is 0 Å². The SMILES string of the molecule is CC[n+]1ccnc2cc(F)c(F)cc21. The monoisotopic (exact) mass is 195 g/mol. The molecular weight excluding hydrogens is 186 g/mol. The predicted octanol–water partition coefficient (Wildman–Crippen LogP) is 1.82. The Kier molecular flexibility index (Phi) is 2.11. The Labute approximate surface area is 79.8 Å². The van der Waals surface area contributed by atoms with Crippen molar-refractivity contribution < 1.29 is 13.3 Å². The molecule has 1 aromatic heterocycles. The molecule has 0 saturated heterocycles. The number of rotatable bonds is 1. The largest absolute Gasteiger partial charge is 0.244 e. The molecule has 0 radical (unpaired) electrons. The molecule has 1 heterocycles. The van der Waals surface area contributed by atoms with Crippen molar-refractivity contribution in [2.75, 3.05) is 0 Å². The van der Waals surface area contributed by atoms with Crippen molar-refractivity contribution in [1.29, 1.82) is 0 Å². The first-order chi connectivity index (χ1) is 6.72. The first kappa shape index (κ1) is 8.99. The van der Waals surface area contributed by atoms with Gasteiger partial charge in [0.05, 0.1) is 12.3 Å². The van der Waals surface area contributed by atoms with Gasteiger partial charge >= 0.3 is 0 Å². The number of nitrogens with zero attached hydrogens (tertiary/aromatic N) is 2. The van der Waals surface area contributed by atoms with E-state index in [1.54, 1.807) is 12.4 Å². The molecular formula is C10H9F2N2+. The van der Waals surface area contributed by atoms with E-state index in [1.165, 1.54) is 6.07 Å². The van der Waals surface area contributed by atoms with Crippen molar-refractivity contribution in [2.24, 2.45) is 0 Å². The van der Waals surface area contributed by atoms with Gasteiger partial charge in [0.2, 0.25) is 5.52 Å². The highest BCUT2D eigenvalue weighted by molar-refractivity contribution is 5.70. The average molecular weight is 195 g/mol. The summed E-state index contributed by atoms with van der Waals surface area (Å²) in [4.78, 5) is 3.96. The van der Waals surface area contributed by atoms with Crippen LogP contribution in [0.1, 0.15) is 6.92 Å². The fourth-order valence-electron chi connectivity index (χ4n) is 1.41. The average Bonchev–Trinajstić information content (AvgIpc) is 2.19. The third kappa shape index (κ3) is 1.32. The first-order valence-corrected chi connectivity index (χ1v) is 4.35. The number of aromatic nitrogens is 2. The number of benzene rings is 1. The van der Waals surface area contributed by atoms with E-state index in [9.17, 15) is 8.78 Å². The molecule has 0 spiro atoms. The standard InChI is InChI=1S/C10H9F2N2/c1-2-14-4-3-13-9-5-7(11)8(12)6-10(9)14/h3-6H,2H2,1H3/q+1. The summed E-state index contributed by atoms with van der Waals surface area (Å²) in [5.74, 6) is -1.70. The van der Waals surface area contributed by atoms with Crippen LogP contribution in [0.15, 0.2) is 24.5 Å². The minimum absolute atomic E-state index is 0.466. The van der Waals surface area contributed by atoms with Crippen molar-refractivity contribution in [3.05, 3.63) is 36.2 Å². The zero-order valence-electron chi connectivity index (χ0n) is 7.67. The first-order valence-electron chi connectivity index (χ1n) is 4.35. The van der Waals surface area contributed by atoms with Crippen LogP contribution in [-0.4, -0.2) is 4.98 Å². The fraction of sp³-hybridized carbons (Fsp3) is 0.200. The maximum absolute atomic E-state index is 12.9. The lowest BCUT2D eigenvalue weighted by Crippen LogP contribution is -2.33. The van der Waals surface area contributed by atoms with E-state index in [0.29, 0.717) is 17.6 Å². The molecule has 0 unspecified atom stereocenters. The smallest absolute Gasteiger partial charge is 0.234 e. The van der Waals surface area contributed by atoms with E-state index < -0.39 is 11.6 Å². The molecule has 14 heavy (non-hydrogen) atoms. The Balaban J connectivity index is 2.81. The summed E-state index contributed by atoms with van der Waals surface area (Å²) in [6.07, 6.45) is 3.31. The third-order valence-electron chi connectivity index (χ3n) is 2.13. The fourth-order valence-corrected chi connectivity index (χ4v) is 1.41. The minimum Gasteiger partial charge on any atom is -0.244 e. The molecule has 0 aliphatic heterocycles. The lowest BCUT2D eigenvalue weighted by molar-refractivity contribution is -0.668. The second kappa shape index (κ2) is 3.29. The molecule has 0 saturated carbocycles. The number of hydrogen-bond acceptors (Lipinski definition) is 1. The van der Waals surface area contributed by atoms with Crippen molar-refractivity contribution in [1.82, 2.24) is 4.98 Å². The normalized spacial score (nSPS) is 10.8. The number of fused-ring (bicyclic) bond motifs is 1. The molecule has 1 aromatic carbocycles. The number of aryl methyl sites for hydroxylation is 1. The quantitative estimate of drug-likeness (QED) is 0.634. The molecule has 4 heteroatoms. The topological polar surface area (TPSA) is 16.8 Å². The van der Waals surface area contributed by atoms with Crippen LogP contribution in [0.5, 0.6) is 0 Å². The van der Waals surface area contributed by atoms with E-state index in [2.05, 4.69) is 4.98 Å². The molecule has 0 fully saturated rings. The Morgan fingerprint density at radius 2 is 2.00 bits per heavy atom. The van der Waals surface area contributed by atoms with Crippen LogP contribution in [0.3, 0.4) is 0 Å². The third-order valence-corrected chi connectivity index (χ3v) is 2.13. The molecule has 0 bridgehead atoms. The summed E-state index contributed by atoms with van der Waals surface area (Å²) in [6.45, 7) is 2.63. The van der Waals surface area contributed by atoms with Crippen molar-refractivity contribution in [3.8, 4) is 0 Å². The molecule has 0 aliphatic rings. The molecule has 2 aromatic rings. The Bertz CT molecular complexity index is 483.